The summed E-state index contributed by atoms with van der Waals surface area (Å²) in [6, 6.07) is 21.1. The van der Waals surface area contributed by atoms with E-state index in [9.17, 15) is 9.18 Å². The molecular formula is C20H15FO3. The molecule has 0 unspecified atom stereocenters. The van der Waals surface area contributed by atoms with Gasteiger partial charge in [0.25, 0.3) is 0 Å². The second-order valence-electron chi connectivity index (χ2n) is 5.13. The van der Waals surface area contributed by atoms with Crippen molar-refractivity contribution in [2.75, 3.05) is 7.11 Å². The first-order chi connectivity index (χ1) is 11.7. The molecule has 0 spiro atoms. The van der Waals surface area contributed by atoms with E-state index in [-0.39, 0.29) is 11.3 Å². The third-order valence-electron chi connectivity index (χ3n) is 3.52. The number of halogens is 1. The molecule has 3 rings (SSSR count). The molecule has 0 radical (unpaired) electrons. The standard InChI is InChI=1S/C20H15FO3/c1-23-20(22)18-13-16(21)10-11-19(18)24-17-9-5-8-15(12-17)14-6-3-2-4-7-14/h2-13H,1H3. The first-order valence-electron chi connectivity index (χ1n) is 7.38. The maximum absolute atomic E-state index is 13.4. The lowest BCUT2D eigenvalue weighted by molar-refractivity contribution is 0.0597. The molecule has 0 fully saturated rings. The van der Waals surface area contributed by atoms with Gasteiger partial charge in [0.1, 0.15) is 22.9 Å². The van der Waals surface area contributed by atoms with Gasteiger partial charge in [-0.25, -0.2) is 9.18 Å². The van der Waals surface area contributed by atoms with Crippen molar-refractivity contribution < 1.29 is 18.7 Å². The Balaban J connectivity index is 1.94. The van der Waals surface area contributed by atoms with Gasteiger partial charge in [-0.05, 0) is 41.5 Å². The molecular weight excluding hydrogens is 307 g/mol. The zero-order chi connectivity index (χ0) is 16.9. The number of methoxy groups -OCH3 is 1. The predicted molar refractivity (Wildman–Crippen MR) is 89.7 cm³/mol. The molecule has 0 aliphatic heterocycles. The summed E-state index contributed by atoms with van der Waals surface area (Å²) in [7, 11) is 1.24. The van der Waals surface area contributed by atoms with Crippen LogP contribution in [-0.4, -0.2) is 13.1 Å². The van der Waals surface area contributed by atoms with Gasteiger partial charge in [0, 0.05) is 0 Å². The number of ether oxygens (including phenoxy) is 2. The lowest BCUT2D eigenvalue weighted by Crippen LogP contribution is -2.04. The van der Waals surface area contributed by atoms with Crippen LogP contribution in [0.3, 0.4) is 0 Å². The number of hydrogen-bond acceptors (Lipinski definition) is 3. The van der Waals surface area contributed by atoms with Gasteiger partial charge in [-0.3, -0.25) is 0 Å². The molecule has 0 amide bonds. The number of carbonyl (C=O) groups is 1. The lowest BCUT2D eigenvalue weighted by atomic mass is 10.1. The molecule has 0 saturated carbocycles. The fraction of sp³-hybridized carbons (Fsp3) is 0.0500. The molecule has 0 heterocycles. The summed E-state index contributed by atoms with van der Waals surface area (Å²) in [5.74, 6) is -0.383. The average molecular weight is 322 g/mol. The topological polar surface area (TPSA) is 35.5 Å². The Kier molecular flexibility index (Phi) is 4.57. The summed E-state index contributed by atoms with van der Waals surface area (Å²) >= 11 is 0. The van der Waals surface area contributed by atoms with Crippen molar-refractivity contribution in [1.82, 2.24) is 0 Å². The van der Waals surface area contributed by atoms with Crippen LogP contribution >= 0.6 is 0 Å². The van der Waals surface area contributed by atoms with E-state index in [0.29, 0.717) is 5.75 Å². The van der Waals surface area contributed by atoms with Crippen molar-refractivity contribution in [3.63, 3.8) is 0 Å². The monoisotopic (exact) mass is 322 g/mol. The third-order valence-corrected chi connectivity index (χ3v) is 3.52. The summed E-state index contributed by atoms with van der Waals surface area (Å²) in [5.41, 5.74) is 2.08. The minimum absolute atomic E-state index is 0.0441. The molecule has 3 nitrogen and oxygen atoms in total. The van der Waals surface area contributed by atoms with Crippen molar-refractivity contribution >= 4 is 5.97 Å². The van der Waals surface area contributed by atoms with Gasteiger partial charge in [0.2, 0.25) is 0 Å². The second kappa shape index (κ2) is 6.96. The highest BCUT2D eigenvalue weighted by atomic mass is 19.1. The fourth-order valence-corrected chi connectivity index (χ4v) is 2.36. The van der Waals surface area contributed by atoms with Crippen LogP contribution in [0, 0.1) is 5.82 Å². The van der Waals surface area contributed by atoms with Crippen LogP contribution in [0.15, 0.2) is 72.8 Å². The Bertz CT molecular complexity index is 860. The molecule has 0 saturated heterocycles. The zero-order valence-electron chi connectivity index (χ0n) is 13.0. The van der Waals surface area contributed by atoms with Gasteiger partial charge in [-0.15, -0.1) is 0 Å². The number of benzene rings is 3. The average Bonchev–Trinajstić information content (AvgIpc) is 2.63. The van der Waals surface area contributed by atoms with E-state index in [4.69, 9.17) is 4.74 Å². The van der Waals surface area contributed by atoms with E-state index in [1.165, 1.54) is 19.2 Å². The normalized spacial score (nSPS) is 10.2. The van der Waals surface area contributed by atoms with Crippen LogP contribution in [0.1, 0.15) is 10.4 Å². The highest BCUT2D eigenvalue weighted by Crippen LogP contribution is 2.30. The van der Waals surface area contributed by atoms with Crippen molar-refractivity contribution in [1.29, 1.82) is 0 Å². The number of rotatable bonds is 4. The molecule has 0 atom stereocenters. The number of hydrogen-bond donors (Lipinski definition) is 0. The van der Waals surface area contributed by atoms with E-state index < -0.39 is 11.8 Å². The number of carbonyl (C=O) groups excluding carboxylic acids is 1. The van der Waals surface area contributed by atoms with Gasteiger partial charge in [-0.2, -0.15) is 0 Å². The molecule has 3 aromatic rings. The molecule has 0 N–H and O–H groups in total. The summed E-state index contributed by atoms with van der Waals surface area (Å²) < 4.78 is 23.9. The second-order valence-corrected chi connectivity index (χ2v) is 5.13. The van der Waals surface area contributed by atoms with Crippen LogP contribution < -0.4 is 4.74 Å². The Morgan fingerprint density at radius 1 is 0.875 bits per heavy atom. The molecule has 3 aromatic carbocycles. The van der Waals surface area contributed by atoms with Crippen molar-refractivity contribution in [2.45, 2.75) is 0 Å². The zero-order valence-corrected chi connectivity index (χ0v) is 13.0. The quantitative estimate of drug-likeness (QED) is 0.629. The van der Waals surface area contributed by atoms with Gasteiger partial charge in [0.05, 0.1) is 7.11 Å². The summed E-state index contributed by atoms with van der Waals surface area (Å²) in [5, 5.41) is 0. The summed E-state index contributed by atoms with van der Waals surface area (Å²) in [4.78, 5) is 11.8. The SMILES string of the molecule is COC(=O)c1cc(F)ccc1Oc1cccc(-c2ccccc2)c1. The van der Waals surface area contributed by atoms with E-state index in [1.807, 2.05) is 48.5 Å². The Labute approximate surface area is 139 Å². The number of esters is 1. The molecule has 0 aliphatic rings. The Morgan fingerprint density at radius 3 is 2.38 bits per heavy atom. The molecule has 0 bridgehead atoms. The predicted octanol–water partition coefficient (Wildman–Crippen LogP) is 5.07. The highest BCUT2D eigenvalue weighted by molar-refractivity contribution is 5.92. The van der Waals surface area contributed by atoms with Crippen LogP contribution in [0.5, 0.6) is 11.5 Å². The van der Waals surface area contributed by atoms with Gasteiger partial charge in [0.15, 0.2) is 0 Å². The van der Waals surface area contributed by atoms with Crippen LogP contribution in [-0.2, 0) is 4.74 Å². The van der Waals surface area contributed by atoms with Gasteiger partial charge in [-0.1, -0.05) is 42.5 Å². The van der Waals surface area contributed by atoms with E-state index >= 15 is 0 Å². The van der Waals surface area contributed by atoms with Crippen molar-refractivity contribution in [3.05, 3.63) is 84.2 Å². The van der Waals surface area contributed by atoms with E-state index in [1.54, 1.807) is 6.07 Å². The fourth-order valence-electron chi connectivity index (χ4n) is 2.36. The van der Waals surface area contributed by atoms with E-state index in [2.05, 4.69) is 4.74 Å². The summed E-state index contributed by atoms with van der Waals surface area (Å²) in [6.45, 7) is 0. The largest absolute Gasteiger partial charge is 0.465 e. The van der Waals surface area contributed by atoms with Crippen molar-refractivity contribution in [3.8, 4) is 22.6 Å². The molecule has 0 aliphatic carbocycles. The van der Waals surface area contributed by atoms with Crippen LogP contribution in [0.25, 0.3) is 11.1 Å². The van der Waals surface area contributed by atoms with Gasteiger partial charge < -0.3 is 9.47 Å². The first kappa shape index (κ1) is 15.7. The van der Waals surface area contributed by atoms with E-state index in [0.717, 1.165) is 17.2 Å². The smallest absolute Gasteiger partial charge is 0.341 e. The molecule has 120 valence electrons. The Morgan fingerprint density at radius 2 is 1.62 bits per heavy atom. The maximum Gasteiger partial charge on any atom is 0.341 e. The van der Waals surface area contributed by atoms with Gasteiger partial charge >= 0.3 is 5.97 Å². The minimum Gasteiger partial charge on any atom is -0.465 e. The highest BCUT2D eigenvalue weighted by Gasteiger charge is 2.15. The molecule has 24 heavy (non-hydrogen) atoms. The first-order valence-corrected chi connectivity index (χ1v) is 7.38. The molecule has 0 aromatic heterocycles. The lowest BCUT2D eigenvalue weighted by Gasteiger charge is -2.11. The van der Waals surface area contributed by atoms with Crippen LogP contribution in [0.4, 0.5) is 4.39 Å². The third kappa shape index (κ3) is 3.43. The maximum atomic E-state index is 13.4. The Hall–Kier alpha value is -3.14. The minimum atomic E-state index is -0.649. The summed E-state index contributed by atoms with van der Waals surface area (Å²) in [6.07, 6.45) is 0. The molecule has 4 heteroatoms. The van der Waals surface area contributed by atoms with Crippen molar-refractivity contribution in [2.24, 2.45) is 0 Å². The van der Waals surface area contributed by atoms with Crippen LogP contribution in [0.2, 0.25) is 0 Å².